The fourth-order valence-corrected chi connectivity index (χ4v) is 4.24. The van der Waals surface area contributed by atoms with E-state index >= 15 is 0 Å². The highest BCUT2D eigenvalue weighted by molar-refractivity contribution is 5.97. The number of unbranched alkanes of at least 4 members (excludes halogenated alkanes) is 9. The van der Waals surface area contributed by atoms with Gasteiger partial charge in [-0.15, -0.1) is 10.2 Å². The van der Waals surface area contributed by atoms with Gasteiger partial charge in [0.05, 0.1) is 21.3 Å². The zero-order valence-electron chi connectivity index (χ0n) is 23.0. The standard InChI is InChI=1S/C27H45N5O4/c1-7-8-9-10-11-12-13-14-15-16-17-24-29-31-32(30-24)26(20(2)3)27(33)28-25-22(35-5)18-21(34-4)19-23(25)36-6/h18-20,26H,7-17H2,1-6H3,(H,28,33). The molecule has 1 aromatic heterocycles. The number of hydrogen-bond acceptors (Lipinski definition) is 7. The summed E-state index contributed by atoms with van der Waals surface area (Å²) in [6.07, 6.45) is 13.6. The van der Waals surface area contributed by atoms with E-state index in [4.69, 9.17) is 14.2 Å². The van der Waals surface area contributed by atoms with E-state index < -0.39 is 6.04 Å². The van der Waals surface area contributed by atoms with Crippen LogP contribution in [-0.2, 0) is 11.2 Å². The van der Waals surface area contributed by atoms with Crippen molar-refractivity contribution in [2.75, 3.05) is 26.6 Å². The summed E-state index contributed by atoms with van der Waals surface area (Å²) in [6, 6.07) is 2.76. The Labute approximate surface area is 216 Å². The minimum absolute atomic E-state index is 0.0559. The van der Waals surface area contributed by atoms with Gasteiger partial charge in [0.2, 0.25) is 0 Å². The van der Waals surface area contributed by atoms with Crippen LogP contribution in [0.4, 0.5) is 5.69 Å². The van der Waals surface area contributed by atoms with Gasteiger partial charge in [-0.05, 0) is 17.6 Å². The molecule has 0 bridgehead atoms. The first-order valence-corrected chi connectivity index (χ1v) is 13.3. The number of hydrogen-bond donors (Lipinski definition) is 1. The normalized spacial score (nSPS) is 12.0. The number of amides is 1. The van der Waals surface area contributed by atoms with Gasteiger partial charge in [-0.25, -0.2) is 0 Å². The van der Waals surface area contributed by atoms with Gasteiger partial charge < -0.3 is 19.5 Å². The number of ether oxygens (including phenoxy) is 3. The second-order valence-electron chi connectivity index (χ2n) is 9.54. The second kappa shape index (κ2) is 16.0. The Morgan fingerprint density at radius 2 is 1.44 bits per heavy atom. The van der Waals surface area contributed by atoms with E-state index in [2.05, 4.69) is 27.7 Å². The molecule has 0 saturated heterocycles. The monoisotopic (exact) mass is 503 g/mol. The van der Waals surface area contributed by atoms with Gasteiger partial charge in [-0.2, -0.15) is 4.80 Å². The third kappa shape index (κ3) is 8.99. The van der Waals surface area contributed by atoms with Crippen LogP contribution >= 0.6 is 0 Å². The number of rotatable bonds is 18. The van der Waals surface area contributed by atoms with Crippen LogP contribution in [0.15, 0.2) is 12.1 Å². The number of carbonyl (C=O) groups excluding carboxylic acids is 1. The van der Waals surface area contributed by atoms with Crippen LogP contribution in [0.1, 0.15) is 96.8 Å². The van der Waals surface area contributed by atoms with Crippen molar-refractivity contribution in [2.45, 2.75) is 97.4 Å². The molecule has 1 atom stereocenters. The van der Waals surface area contributed by atoms with Crippen molar-refractivity contribution in [1.82, 2.24) is 20.2 Å². The molecule has 1 heterocycles. The molecule has 1 amide bonds. The van der Waals surface area contributed by atoms with E-state index in [1.165, 1.54) is 70.4 Å². The van der Waals surface area contributed by atoms with Crippen LogP contribution in [0.2, 0.25) is 0 Å². The number of nitrogens with one attached hydrogen (secondary N) is 1. The molecule has 1 aromatic carbocycles. The lowest BCUT2D eigenvalue weighted by atomic mass is 10.0. The molecule has 0 saturated carbocycles. The molecule has 2 rings (SSSR count). The summed E-state index contributed by atoms with van der Waals surface area (Å²) in [6.45, 7) is 6.17. The highest BCUT2D eigenvalue weighted by Gasteiger charge is 2.29. The lowest BCUT2D eigenvalue weighted by Crippen LogP contribution is -2.32. The summed E-state index contributed by atoms with van der Waals surface area (Å²) in [7, 11) is 4.62. The molecule has 0 spiro atoms. The van der Waals surface area contributed by atoms with E-state index in [-0.39, 0.29) is 11.8 Å². The van der Waals surface area contributed by atoms with Gasteiger partial charge in [0.25, 0.3) is 5.91 Å². The predicted octanol–water partition coefficient (Wildman–Crippen LogP) is 6.00. The maximum absolute atomic E-state index is 13.3. The Balaban J connectivity index is 1.92. The first-order chi connectivity index (χ1) is 17.4. The van der Waals surface area contributed by atoms with Crippen molar-refractivity contribution in [3.63, 3.8) is 0 Å². The van der Waals surface area contributed by atoms with Gasteiger partial charge in [-0.1, -0.05) is 78.6 Å². The van der Waals surface area contributed by atoms with Crippen molar-refractivity contribution in [3.05, 3.63) is 18.0 Å². The summed E-state index contributed by atoms with van der Waals surface area (Å²) in [5.74, 6) is 1.80. The molecule has 0 aliphatic carbocycles. The number of methoxy groups -OCH3 is 3. The van der Waals surface area contributed by atoms with E-state index in [0.717, 1.165) is 19.3 Å². The summed E-state index contributed by atoms with van der Waals surface area (Å²) in [5, 5.41) is 15.9. The Hall–Kier alpha value is -2.84. The fraction of sp³-hybridized carbons (Fsp3) is 0.704. The summed E-state index contributed by atoms with van der Waals surface area (Å²) >= 11 is 0. The van der Waals surface area contributed by atoms with E-state index in [0.29, 0.717) is 28.8 Å². The minimum Gasteiger partial charge on any atom is -0.496 e. The Morgan fingerprint density at radius 3 is 1.94 bits per heavy atom. The average Bonchev–Trinajstić information content (AvgIpc) is 3.33. The number of tetrazole rings is 1. The molecule has 0 aliphatic heterocycles. The third-order valence-electron chi connectivity index (χ3n) is 6.34. The maximum atomic E-state index is 13.3. The number of anilines is 1. The van der Waals surface area contributed by atoms with Crippen molar-refractivity contribution >= 4 is 11.6 Å². The zero-order valence-corrected chi connectivity index (χ0v) is 23.0. The lowest BCUT2D eigenvalue weighted by molar-refractivity contribution is -0.121. The number of carbonyl (C=O) groups is 1. The molecule has 9 nitrogen and oxygen atoms in total. The largest absolute Gasteiger partial charge is 0.496 e. The number of aryl methyl sites for hydroxylation is 1. The van der Waals surface area contributed by atoms with Gasteiger partial charge >= 0.3 is 0 Å². The molecule has 2 aromatic rings. The van der Waals surface area contributed by atoms with Crippen molar-refractivity contribution in [2.24, 2.45) is 5.92 Å². The van der Waals surface area contributed by atoms with Crippen LogP contribution in [0.5, 0.6) is 17.2 Å². The average molecular weight is 504 g/mol. The van der Waals surface area contributed by atoms with E-state index in [1.54, 1.807) is 19.2 Å². The van der Waals surface area contributed by atoms with Gasteiger partial charge in [0.15, 0.2) is 11.9 Å². The summed E-state index contributed by atoms with van der Waals surface area (Å²) in [5.41, 5.74) is 0.433. The van der Waals surface area contributed by atoms with Crippen molar-refractivity contribution < 1.29 is 19.0 Å². The first kappa shape index (κ1) is 29.4. The Kier molecular flexibility index (Phi) is 13.1. The minimum atomic E-state index is -0.629. The van der Waals surface area contributed by atoms with Crippen molar-refractivity contribution in [3.8, 4) is 17.2 Å². The highest BCUT2D eigenvalue weighted by Crippen LogP contribution is 2.39. The number of benzene rings is 1. The van der Waals surface area contributed by atoms with Gasteiger partial charge in [0.1, 0.15) is 22.9 Å². The van der Waals surface area contributed by atoms with Crippen LogP contribution < -0.4 is 19.5 Å². The SMILES string of the molecule is CCCCCCCCCCCCc1nnn(C(C(=O)Nc2c(OC)cc(OC)cc2OC)C(C)C)n1. The molecule has 0 aliphatic rings. The van der Waals surface area contributed by atoms with Gasteiger partial charge in [0, 0.05) is 18.6 Å². The lowest BCUT2D eigenvalue weighted by Gasteiger charge is -2.21. The first-order valence-electron chi connectivity index (χ1n) is 13.3. The molecule has 1 N–H and O–H groups in total. The molecule has 202 valence electrons. The fourth-order valence-electron chi connectivity index (χ4n) is 4.24. The topological polar surface area (TPSA) is 100 Å². The predicted molar refractivity (Wildman–Crippen MR) is 142 cm³/mol. The van der Waals surface area contributed by atoms with Gasteiger partial charge in [-0.3, -0.25) is 4.79 Å². The highest BCUT2D eigenvalue weighted by atomic mass is 16.5. The van der Waals surface area contributed by atoms with E-state index in [1.807, 2.05) is 13.8 Å². The molecule has 0 fully saturated rings. The van der Waals surface area contributed by atoms with E-state index in [9.17, 15) is 4.79 Å². The number of nitrogens with zero attached hydrogens (tertiary/aromatic N) is 4. The van der Waals surface area contributed by atoms with Crippen LogP contribution in [0.3, 0.4) is 0 Å². The van der Waals surface area contributed by atoms with Crippen LogP contribution in [-0.4, -0.2) is 47.4 Å². The maximum Gasteiger partial charge on any atom is 0.251 e. The molecule has 36 heavy (non-hydrogen) atoms. The van der Waals surface area contributed by atoms with Crippen LogP contribution in [0, 0.1) is 5.92 Å². The molecular formula is C27H45N5O4. The molecule has 9 heteroatoms. The molecule has 1 unspecified atom stereocenters. The summed E-state index contributed by atoms with van der Waals surface area (Å²) < 4.78 is 16.2. The zero-order chi connectivity index (χ0) is 26.3. The second-order valence-corrected chi connectivity index (χ2v) is 9.54. The van der Waals surface area contributed by atoms with Crippen molar-refractivity contribution in [1.29, 1.82) is 0 Å². The molecule has 0 radical (unpaired) electrons. The third-order valence-corrected chi connectivity index (χ3v) is 6.34. The van der Waals surface area contributed by atoms with Crippen LogP contribution in [0.25, 0.3) is 0 Å². The molecular weight excluding hydrogens is 458 g/mol. The Bertz CT molecular complexity index is 890. The summed E-state index contributed by atoms with van der Waals surface area (Å²) in [4.78, 5) is 14.7. The number of aromatic nitrogens is 4. The smallest absolute Gasteiger partial charge is 0.251 e. The Morgan fingerprint density at radius 1 is 0.889 bits per heavy atom. The quantitative estimate of drug-likeness (QED) is 0.249.